The summed E-state index contributed by atoms with van der Waals surface area (Å²) < 4.78 is 3.55. The molecule has 110 valence electrons. The topological polar surface area (TPSA) is 86.1 Å². The minimum absolute atomic E-state index is 0.126. The van der Waals surface area contributed by atoms with Gasteiger partial charge in [-0.05, 0) is 6.92 Å². The van der Waals surface area contributed by atoms with E-state index in [0.29, 0.717) is 11.4 Å². The van der Waals surface area contributed by atoms with Gasteiger partial charge in [0.1, 0.15) is 0 Å². The number of rotatable bonds is 4. The molecule has 0 saturated heterocycles. The van der Waals surface area contributed by atoms with Crippen LogP contribution in [0.4, 0.5) is 0 Å². The van der Waals surface area contributed by atoms with Crippen LogP contribution in [0.25, 0.3) is 5.52 Å². The third kappa shape index (κ3) is 2.39. The number of aromatic nitrogens is 5. The molecule has 0 bridgehead atoms. The molecule has 3 rings (SSSR count). The Kier molecular flexibility index (Phi) is 3.62. The van der Waals surface area contributed by atoms with Gasteiger partial charge in [0.25, 0.3) is 0 Å². The average molecular weight is 306 g/mol. The van der Waals surface area contributed by atoms with Crippen LogP contribution >= 0.6 is 11.6 Å². The predicted octanol–water partition coefficient (Wildman–Crippen LogP) is 1.17. The number of nitrogens with two attached hydrogens (primary N) is 1. The van der Waals surface area contributed by atoms with Gasteiger partial charge in [0.2, 0.25) is 0 Å². The maximum Gasteiger partial charge on any atom is 0.0893 e. The normalized spacial score (nSPS) is 13.0. The van der Waals surface area contributed by atoms with Crippen molar-refractivity contribution in [1.29, 1.82) is 0 Å². The van der Waals surface area contributed by atoms with E-state index in [9.17, 15) is 0 Å². The Morgan fingerprint density at radius 2 is 2.24 bits per heavy atom. The molecular formula is C13H16ClN7. The van der Waals surface area contributed by atoms with E-state index in [4.69, 9.17) is 17.4 Å². The third-order valence-corrected chi connectivity index (χ3v) is 4.08. The molecule has 0 spiro atoms. The lowest BCUT2D eigenvalue weighted by Crippen LogP contribution is -2.30. The fourth-order valence-corrected chi connectivity index (χ4v) is 2.71. The lowest BCUT2D eigenvalue weighted by molar-refractivity contribution is 0.533. The quantitative estimate of drug-likeness (QED) is 0.558. The minimum Gasteiger partial charge on any atom is -0.271 e. The molecule has 0 aliphatic rings. The first-order valence-corrected chi connectivity index (χ1v) is 6.91. The van der Waals surface area contributed by atoms with Crippen molar-refractivity contribution in [3.63, 3.8) is 0 Å². The monoisotopic (exact) mass is 305 g/mol. The average Bonchev–Trinajstić information content (AvgIpc) is 3.00. The van der Waals surface area contributed by atoms with Crippen molar-refractivity contribution in [3.05, 3.63) is 46.8 Å². The van der Waals surface area contributed by atoms with Crippen molar-refractivity contribution >= 4 is 17.1 Å². The van der Waals surface area contributed by atoms with Gasteiger partial charge in [-0.2, -0.15) is 10.2 Å². The number of hydrazine groups is 1. The van der Waals surface area contributed by atoms with Gasteiger partial charge < -0.3 is 0 Å². The van der Waals surface area contributed by atoms with Gasteiger partial charge in [-0.15, -0.1) is 0 Å². The summed E-state index contributed by atoms with van der Waals surface area (Å²) in [7, 11) is 1.87. The molecule has 0 fully saturated rings. The summed E-state index contributed by atoms with van der Waals surface area (Å²) in [6.45, 7) is 1.88. The number of aryl methyl sites for hydroxylation is 2. The highest BCUT2D eigenvalue weighted by molar-refractivity contribution is 6.31. The fourth-order valence-electron chi connectivity index (χ4n) is 2.48. The van der Waals surface area contributed by atoms with Crippen LogP contribution in [0.15, 0.2) is 24.8 Å². The van der Waals surface area contributed by atoms with Gasteiger partial charge in [0.15, 0.2) is 0 Å². The highest BCUT2D eigenvalue weighted by Crippen LogP contribution is 2.26. The van der Waals surface area contributed by atoms with Crippen LogP contribution in [0.2, 0.25) is 5.02 Å². The first-order valence-electron chi connectivity index (χ1n) is 6.53. The smallest absolute Gasteiger partial charge is 0.0893 e. The Hall–Kier alpha value is -1.96. The first-order chi connectivity index (χ1) is 10.1. The second-order valence-electron chi connectivity index (χ2n) is 4.90. The summed E-state index contributed by atoms with van der Waals surface area (Å²) in [5.74, 6) is 5.73. The number of hydrogen-bond acceptors (Lipinski definition) is 5. The van der Waals surface area contributed by atoms with E-state index in [1.807, 2.05) is 14.0 Å². The van der Waals surface area contributed by atoms with Crippen LogP contribution in [0.5, 0.6) is 0 Å². The maximum absolute atomic E-state index is 6.31. The maximum atomic E-state index is 6.31. The van der Waals surface area contributed by atoms with E-state index in [2.05, 4.69) is 20.6 Å². The predicted molar refractivity (Wildman–Crippen MR) is 79.7 cm³/mol. The molecule has 0 saturated carbocycles. The van der Waals surface area contributed by atoms with Crippen molar-refractivity contribution in [3.8, 4) is 0 Å². The molecule has 3 aromatic rings. The van der Waals surface area contributed by atoms with Gasteiger partial charge >= 0.3 is 0 Å². The molecule has 21 heavy (non-hydrogen) atoms. The number of halogens is 1. The van der Waals surface area contributed by atoms with Crippen molar-refractivity contribution in [2.75, 3.05) is 0 Å². The molecule has 0 aliphatic carbocycles. The Morgan fingerprint density at radius 3 is 2.90 bits per heavy atom. The van der Waals surface area contributed by atoms with Crippen LogP contribution in [0.1, 0.15) is 23.0 Å². The lowest BCUT2D eigenvalue weighted by atomic mass is 10.0. The summed E-state index contributed by atoms with van der Waals surface area (Å²) in [6, 6.07) is -0.126. The molecule has 0 radical (unpaired) electrons. The third-order valence-electron chi connectivity index (χ3n) is 3.59. The SMILES string of the molecule is Cc1nn(C)c(CC(NN)c2cnn3ccncc23)c1Cl. The minimum atomic E-state index is -0.126. The van der Waals surface area contributed by atoms with Gasteiger partial charge in [0.05, 0.1) is 40.4 Å². The Labute approximate surface area is 126 Å². The van der Waals surface area contributed by atoms with E-state index >= 15 is 0 Å². The van der Waals surface area contributed by atoms with Crippen LogP contribution < -0.4 is 11.3 Å². The fraction of sp³-hybridized carbons (Fsp3) is 0.308. The zero-order valence-corrected chi connectivity index (χ0v) is 12.5. The standard InChI is InChI=1S/C13H16ClN7/c1-8-13(14)11(20(2)19-8)5-10(18-15)9-6-17-21-4-3-16-7-12(9)21/h3-4,6-7,10,18H,5,15H2,1-2H3. The highest BCUT2D eigenvalue weighted by Gasteiger charge is 2.20. The summed E-state index contributed by atoms with van der Waals surface area (Å²) in [4.78, 5) is 4.14. The van der Waals surface area contributed by atoms with Crippen molar-refractivity contribution in [2.24, 2.45) is 12.9 Å². The van der Waals surface area contributed by atoms with Gasteiger partial charge in [-0.3, -0.25) is 20.9 Å². The molecule has 7 nitrogen and oxygen atoms in total. The van der Waals surface area contributed by atoms with Crippen molar-refractivity contribution in [1.82, 2.24) is 29.8 Å². The van der Waals surface area contributed by atoms with Crippen molar-refractivity contribution in [2.45, 2.75) is 19.4 Å². The van der Waals surface area contributed by atoms with Crippen LogP contribution in [-0.2, 0) is 13.5 Å². The molecule has 3 heterocycles. The van der Waals surface area contributed by atoms with Crippen LogP contribution in [0, 0.1) is 6.92 Å². The molecule has 1 unspecified atom stereocenters. The summed E-state index contributed by atoms with van der Waals surface area (Å²) in [6.07, 6.45) is 7.66. The Bertz CT molecular complexity index is 776. The number of nitrogens with zero attached hydrogens (tertiary/aromatic N) is 5. The summed E-state index contributed by atoms with van der Waals surface area (Å²) in [5, 5.41) is 9.30. The largest absolute Gasteiger partial charge is 0.271 e. The zero-order valence-electron chi connectivity index (χ0n) is 11.8. The van der Waals surface area contributed by atoms with Crippen LogP contribution in [0.3, 0.4) is 0 Å². The number of nitrogens with one attached hydrogen (secondary N) is 1. The summed E-state index contributed by atoms with van der Waals surface area (Å²) in [5.41, 5.74) is 6.46. The molecule has 8 heteroatoms. The molecule has 0 amide bonds. The molecule has 3 aromatic heterocycles. The van der Waals surface area contributed by atoms with E-state index < -0.39 is 0 Å². The van der Waals surface area contributed by atoms with Crippen molar-refractivity contribution < 1.29 is 0 Å². The molecule has 0 aromatic carbocycles. The number of hydrogen-bond donors (Lipinski definition) is 2. The van der Waals surface area contributed by atoms with Gasteiger partial charge in [-0.1, -0.05) is 11.6 Å². The zero-order chi connectivity index (χ0) is 15.0. The summed E-state index contributed by atoms with van der Waals surface area (Å²) >= 11 is 6.31. The molecule has 3 N–H and O–H groups in total. The second kappa shape index (κ2) is 5.44. The van der Waals surface area contributed by atoms with E-state index in [1.54, 1.807) is 34.0 Å². The van der Waals surface area contributed by atoms with Crippen LogP contribution in [-0.4, -0.2) is 24.4 Å². The Balaban J connectivity index is 1.99. The Morgan fingerprint density at radius 1 is 1.43 bits per heavy atom. The van der Waals surface area contributed by atoms with Gasteiger partial charge in [0, 0.05) is 31.4 Å². The molecule has 0 aliphatic heterocycles. The van der Waals surface area contributed by atoms with E-state index in [1.165, 1.54) is 0 Å². The second-order valence-corrected chi connectivity index (χ2v) is 5.28. The lowest BCUT2D eigenvalue weighted by Gasteiger charge is -2.15. The number of fused-ring (bicyclic) bond motifs is 1. The molecular weight excluding hydrogens is 290 g/mol. The first kappa shape index (κ1) is 14.0. The van der Waals surface area contributed by atoms with Gasteiger partial charge in [-0.25, -0.2) is 4.52 Å². The van der Waals surface area contributed by atoms with E-state index in [0.717, 1.165) is 22.5 Å². The van der Waals surface area contributed by atoms with E-state index in [-0.39, 0.29) is 6.04 Å². The molecule has 1 atom stereocenters. The highest BCUT2D eigenvalue weighted by atomic mass is 35.5.